The molecule has 228 valence electrons. The minimum absolute atomic E-state index is 0.00827. The van der Waals surface area contributed by atoms with Crippen molar-refractivity contribution in [3.8, 4) is 11.3 Å². The van der Waals surface area contributed by atoms with E-state index in [-0.39, 0.29) is 5.04 Å². The molecule has 1 spiro atoms. The van der Waals surface area contributed by atoms with E-state index in [4.69, 9.17) is 32.2 Å². The molecule has 44 heavy (non-hydrogen) atoms. The highest BCUT2D eigenvalue weighted by Crippen LogP contribution is 2.62. The smallest absolute Gasteiger partial charge is 0.261 e. The van der Waals surface area contributed by atoms with E-state index in [2.05, 4.69) is 104 Å². The van der Waals surface area contributed by atoms with Crippen LogP contribution >= 0.6 is 23.2 Å². The SMILES string of the molecule is CC(C)(C)[Si](OCC1CC2(CC(C=Cc3c(-c4c(Cl)cncc4Cl)noc3C3CC3)C2)C1)(c1ccccc1)c1ccccc1. The van der Waals surface area contributed by atoms with Gasteiger partial charge in [-0.15, -0.1) is 0 Å². The lowest BCUT2D eigenvalue weighted by Crippen LogP contribution is -2.67. The molecule has 2 heterocycles. The van der Waals surface area contributed by atoms with Gasteiger partial charge in [-0.3, -0.25) is 4.98 Å². The molecule has 0 radical (unpaired) electrons. The van der Waals surface area contributed by atoms with Crippen LogP contribution in [0.25, 0.3) is 17.3 Å². The van der Waals surface area contributed by atoms with Crippen LogP contribution in [-0.2, 0) is 4.43 Å². The van der Waals surface area contributed by atoms with Crippen LogP contribution in [0.15, 0.2) is 83.7 Å². The summed E-state index contributed by atoms with van der Waals surface area (Å²) >= 11 is 13.0. The Balaban J connectivity index is 1.03. The van der Waals surface area contributed by atoms with Crippen molar-refractivity contribution in [1.29, 1.82) is 0 Å². The zero-order valence-electron chi connectivity index (χ0n) is 25.7. The second-order valence-electron chi connectivity index (χ2n) is 14.3. The summed E-state index contributed by atoms with van der Waals surface area (Å²) in [6, 6.07) is 22.0. The van der Waals surface area contributed by atoms with Gasteiger partial charge in [-0.25, -0.2) is 0 Å². The monoisotopic (exact) mass is 642 g/mol. The maximum Gasteiger partial charge on any atom is 0.261 e. The quantitative estimate of drug-likeness (QED) is 0.171. The van der Waals surface area contributed by atoms with Crippen LogP contribution in [0.2, 0.25) is 15.1 Å². The van der Waals surface area contributed by atoms with E-state index in [9.17, 15) is 0 Å². The lowest BCUT2D eigenvalue weighted by Gasteiger charge is -2.58. The van der Waals surface area contributed by atoms with Crippen molar-refractivity contribution >= 4 is 48.0 Å². The standard InChI is InChI=1S/C37H40Cl2N2O2Si/c1-36(2,3)44(28-10-6-4-7-11-28,29-12-8-5-9-13-29)42-24-26-20-37(21-26)18-25(19-37)14-17-30-34(41-43-35(30)27-15-16-27)33-31(38)22-40-23-32(33)39/h4-14,17,22-23,25-27H,15-16,18-21,24H2,1-3H3. The largest absolute Gasteiger partial charge is 0.407 e. The summed E-state index contributed by atoms with van der Waals surface area (Å²) in [4.78, 5) is 4.11. The first-order valence-electron chi connectivity index (χ1n) is 15.9. The van der Waals surface area contributed by atoms with Crippen molar-refractivity contribution < 1.29 is 8.95 Å². The van der Waals surface area contributed by atoms with Gasteiger partial charge in [0.25, 0.3) is 8.32 Å². The number of aromatic nitrogens is 2. The molecule has 0 bridgehead atoms. The normalized spacial score (nSPS) is 23.6. The van der Waals surface area contributed by atoms with Gasteiger partial charge < -0.3 is 8.95 Å². The Bertz CT molecular complexity index is 1590. The summed E-state index contributed by atoms with van der Waals surface area (Å²) in [7, 11) is -2.49. The second-order valence-corrected chi connectivity index (χ2v) is 19.5. The number of rotatable bonds is 9. The van der Waals surface area contributed by atoms with Gasteiger partial charge in [0.2, 0.25) is 0 Å². The first kappa shape index (κ1) is 30.0. The lowest BCUT2D eigenvalue weighted by molar-refractivity contribution is -0.0669. The highest BCUT2D eigenvalue weighted by Gasteiger charge is 2.54. The number of benzene rings is 2. The summed E-state index contributed by atoms with van der Waals surface area (Å²) in [5.74, 6) is 2.57. The molecule has 2 aromatic carbocycles. The number of hydrogen-bond donors (Lipinski definition) is 0. The Morgan fingerprint density at radius 3 is 2.05 bits per heavy atom. The molecule has 0 aliphatic heterocycles. The molecule has 7 rings (SSSR count). The lowest BCUT2D eigenvalue weighted by atomic mass is 9.48. The fourth-order valence-corrected chi connectivity index (χ4v) is 13.2. The number of hydrogen-bond acceptors (Lipinski definition) is 4. The van der Waals surface area contributed by atoms with Crippen molar-refractivity contribution in [2.75, 3.05) is 6.61 Å². The van der Waals surface area contributed by atoms with Gasteiger partial charge in [-0.1, -0.05) is 122 Å². The molecule has 3 aliphatic carbocycles. The summed E-state index contributed by atoms with van der Waals surface area (Å²) in [6.07, 6.45) is 15.0. The van der Waals surface area contributed by atoms with Crippen molar-refractivity contribution in [1.82, 2.24) is 10.1 Å². The summed E-state index contributed by atoms with van der Waals surface area (Å²) in [5.41, 5.74) is 2.90. The molecule has 2 aromatic heterocycles. The van der Waals surface area contributed by atoms with Gasteiger partial charge in [-0.05, 0) is 71.2 Å². The Labute approximate surface area is 272 Å². The topological polar surface area (TPSA) is 48.2 Å². The molecule has 0 atom stereocenters. The molecule has 0 saturated heterocycles. The molecule has 3 fully saturated rings. The van der Waals surface area contributed by atoms with E-state index in [1.807, 2.05) is 0 Å². The molecule has 4 nitrogen and oxygen atoms in total. The predicted octanol–water partition coefficient (Wildman–Crippen LogP) is 9.32. The fourth-order valence-electron chi connectivity index (χ4n) is 7.97. The first-order chi connectivity index (χ1) is 21.2. The molecule has 0 amide bonds. The second kappa shape index (κ2) is 11.6. The van der Waals surface area contributed by atoms with Crippen LogP contribution in [0.4, 0.5) is 0 Å². The highest BCUT2D eigenvalue weighted by atomic mass is 35.5. The molecule has 7 heteroatoms. The van der Waals surface area contributed by atoms with Crippen LogP contribution in [0.5, 0.6) is 0 Å². The van der Waals surface area contributed by atoms with E-state index in [1.54, 1.807) is 12.4 Å². The molecule has 0 unspecified atom stereocenters. The van der Waals surface area contributed by atoms with Gasteiger partial charge in [-0.2, -0.15) is 0 Å². The zero-order chi connectivity index (χ0) is 30.5. The average Bonchev–Trinajstić information content (AvgIpc) is 3.73. The zero-order valence-corrected chi connectivity index (χ0v) is 28.2. The number of allylic oxidation sites excluding steroid dienone is 1. The highest BCUT2D eigenvalue weighted by molar-refractivity contribution is 6.99. The van der Waals surface area contributed by atoms with E-state index < -0.39 is 8.32 Å². The Morgan fingerprint density at radius 1 is 0.909 bits per heavy atom. The van der Waals surface area contributed by atoms with E-state index >= 15 is 0 Å². The predicted molar refractivity (Wildman–Crippen MR) is 182 cm³/mol. The van der Waals surface area contributed by atoms with Crippen molar-refractivity contribution in [3.63, 3.8) is 0 Å². The third kappa shape index (κ3) is 5.40. The van der Waals surface area contributed by atoms with Gasteiger partial charge in [0.1, 0.15) is 11.5 Å². The van der Waals surface area contributed by atoms with Crippen LogP contribution in [0, 0.1) is 17.3 Å². The van der Waals surface area contributed by atoms with Crippen LogP contribution < -0.4 is 10.4 Å². The number of pyridine rings is 1. The van der Waals surface area contributed by atoms with E-state index in [0.29, 0.717) is 38.8 Å². The number of halogens is 2. The maximum atomic E-state index is 7.25. The van der Waals surface area contributed by atoms with Gasteiger partial charge >= 0.3 is 0 Å². The third-order valence-corrected chi connectivity index (χ3v) is 15.7. The molecule has 4 aromatic rings. The summed E-state index contributed by atoms with van der Waals surface area (Å²) in [5, 5.41) is 8.13. The van der Waals surface area contributed by atoms with Crippen LogP contribution in [0.3, 0.4) is 0 Å². The molecular weight excluding hydrogens is 603 g/mol. The molecule has 3 aliphatic rings. The van der Waals surface area contributed by atoms with E-state index in [0.717, 1.165) is 36.5 Å². The fraction of sp³-hybridized carbons (Fsp3) is 0.405. The third-order valence-electron chi connectivity index (χ3n) is 10.1. The van der Waals surface area contributed by atoms with E-state index in [1.165, 1.54) is 36.1 Å². The maximum absolute atomic E-state index is 7.25. The van der Waals surface area contributed by atoms with Crippen molar-refractivity contribution in [2.24, 2.45) is 17.3 Å². The van der Waals surface area contributed by atoms with Gasteiger partial charge in [0.15, 0.2) is 0 Å². The first-order valence-corrected chi connectivity index (χ1v) is 18.6. The van der Waals surface area contributed by atoms with Crippen molar-refractivity contribution in [2.45, 2.75) is 70.3 Å². The van der Waals surface area contributed by atoms with Gasteiger partial charge in [0.05, 0.1) is 10.0 Å². The molecule has 0 N–H and O–H groups in total. The number of nitrogens with zero attached hydrogens (tertiary/aromatic N) is 2. The average molecular weight is 644 g/mol. The van der Waals surface area contributed by atoms with Crippen LogP contribution in [0.1, 0.15) is 76.5 Å². The Morgan fingerprint density at radius 2 is 1.50 bits per heavy atom. The Kier molecular flexibility index (Phi) is 7.89. The minimum atomic E-state index is -2.49. The van der Waals surface area contributed by atoms with Crippen LogP contribution in [-0.4, -0.2) is 25.1 Å². The summed E-state index contributed by atoms with van der Waals surface area (Å²) < 4.78 is 13.1. The minimum Gasteiger partial charge on any atom is -0.407 e. The van der Waals surface area contributed by atoms with Crippen molar-refractivity contribution in [3.05, 3.63) is 101 Å². The summed E-state index contributed by atoms with van der Waals surface area (Å²) in [6.45, 7) is 7.90. The molecule has 3 saturated carbocycles. The Hall–Kier alpha value is -2.70. The van der Waals surface area contributed by atoms with Gasteiger partial charge in [0, 0.05) is 36.0 Å². The molecular formula is C37H40Cl2N2O2Si.